The van der Waals surface area contributed by atoms with Gasteiger partial charge in [0, 0.05) is 5.56 Å². The van der Waals surface area contributed by atoms with Crippen molar-refractivity contribution in [1.82, 2.24) is 4.98 Å². The highest BCUT2D eigenvalue weighted by molar-refractivity contribution is 5.96. The average Bonchev–Trinajstić information content (AvgIpc) is 2.62. The molecular weight excluding hydrogens is 266 g/mol. The molecule has 0 amide bonds. The summed E-state index contributed by atoms with van der Waals surface area (Å²) in [5.74, 6) is 0. The summed E-state index contributed by atoms with van der Waals surface area (Å²) in [5, 5.41) is 2.50. The Morgan fingerprint density at radius 2 is 1.45 bits per heavy atom. The van der Waals surface area contributed by atoms with Crippen LogP contribution in [0.25, 0.3) is 33.2 Å². The van der Waals surface area contributed by atoms with E-state index in [1.54, 1.807) is 0 Å². The highest BCUT2D eigenvalue weighted by atomic mass is 14.7. The van der Waals surface area contributed by atoms with Crippen molar-refractivity contribution in [2.24, 2.45) is 0 Å². The van der Waals surface area contributed by atoms with Crippen LogP contribution in [0.15, 0.2) is 84.9 Å². The molecule has 4 aromatic rings. The first-order valence-corrected chi connectivity index (χ1v) is 7.33. The first-order valence-electron chi connectivity index (χ1n) is 7.33. The maximum absolute atomic E-state index is 4.39. The van der Waals surface area contributed by atoms with Gasteiger partial charge in [0.25, 0.3) is 0 Å². The van der Waals surface area contributed by atoms with Gasteiger partial charge in [-0.05, 0) is 34.0 Å². The Morgan fingerprint density at radius 3 is 2.36 bits per heavy atom. The van der Waals surface area contributed by atoms with Gasteiger partial charge in [-0.15, -0.1) is 0 Å². The largest absolute Gasteiger partial charge is 0.246 e. The van der Waals surface area contributed by atoms with E-state index in [1.165, 1.54) is 16.3 Å². The molecule has 4 rings (SSSR count). The van der Waals surface area contributed by atoms with E-state index < -0.39 is 0 Å². The van der Waals surface area contributed by atoms with Crippen LogP contribution in [0.1, 0.15) is 0 Å². The fourth-order valence-corrected chi connectivity index (χ4v) is 2.78. The van der Waals surface area contributed by atoms with E-state index >= 15 is 0 Å². The summed E-state index contributed by atoms with van der Waals surface area (Å²) in [4.78, 5) is 4.39. The fourth-order valence-electron chi connectivity index (χ4n) is 2.78. The molecule has 3 aromatic carbocycles. The van der Waals surface area contributed by atoms with Crippen LogP contribution in [0.4, 0.5) is 0 Å². The second-order valence-corrected chi connectivity index (χ2v) is 5.26. The zero-order chi connectivity index (χ0) is 14.8. The Balaban J connectivity index is 1.89. The van der Waals surface area contributed by atoms with Crippen LogP contribution < -0.4 is 0 Å². The second kappa shape index (κ2) is 5.45. The zero-order valence-corrected chi connectivity index (χ0v) is 12.0. The lowest BCUT2D eigenvalue weighted by Gasteiger charge is -2.08. The Bertz CT molecular complexity index is 921. The number of fused-ring (bicyclic) bond motifs is 1. The molecule has 0 saturated heterocycles. The third kappa shape index (κ3) is 2.27. The third-order valence-corrected chi connectivity index (χ3v) is 3.87. The van der Waals surface area contributed by atoms with Crippen LogP contribution in [0.2, 0.25) is 0 Å². The molecule has 0 aliphatic heterocycles. The van der Waals surface area contributed by atoms with Gasteiger partial charge >= 0.3 is 0 Å². The van der Waals surface area contributed by atoms with Crippen molar-refractivity contribution >= 4 is 10.8 Å². The molecule has 0 fully saturated rings. The number of hydrogen-bond donors (Lipinski definition) is 0. The number of rotatable bonds is 2. The van der Waals surface area contributed by atoms with Crippen molar-refractivity contribution in [2.75, 3.05) is 0 Å². The molecule has 0 unspecified atom stereocenters. The van der Waals surface area contributed by atoms with E-state index in [1.807, 2.05) is 24.3 Å². The Kier molecular flexibility index (Phi) is 3.17. The lowest BCUT2D eigenvalue weighted by atomic mass is 9.98. The van der Waals surface area contributed by atoms with Gasteiger partial charge in [-0.2, -0.15) is 0 Å². The molecule has 103 valence electrons. The minimum absolute atomic E-state index is 0.950. The Labute approximate surface area is 129 Å². The van der Waals surface area contributed by atoms with Gasteiger partial charge in [-0.3, -0.25) is 0 Å². The molecule has 22 heavy (non-hydrogen) atoms. The van der Waals surface area contributed by atoms with Gasteiger partial charge < -0.3 is 0 Å². The highest BCUT2D eigenvalue weighted by Gasteiger charge is 2.06. The molecular formula is C21H14N. The van der Waals surface area contributed by atoms with Gasteiger partial charge in [0.1, 0.15) is 0 Å². The molecule has 0 spiro atoms. The summed E-state index contributed by atoms with van der Waals surface area (Å²) in [6.07, 6.45) is 3.04. The maximum Gasteiger partial charge on any atom is 0.0900 e. The van der Waals surface area contributed by atoms with Crippen LogP contribution in [-0.2, 0) is 0 Å². The van der Waals surface area contributed by atoms with Crippen molar-refractivity contribution in [2.45, 2.75) is 0 Å². The van der Waals surface area contributed by atoms with Crippen LogP contribution in [0, 0.1) is 6.20 Å². The van der Waals surface area contributed by atoms with Gasteiger partial charge in [-0.25, -0.2) is 4.98 Å². The van der Waals surface area contributed by atoms with Crippen LogP contribution in [-0.4, -0.2) is 4.98 Å². The third-order valence-electron chi connectivity index (χ3n) is 3.87. The molecule has 0 atom stereocenters. The number of benzene rings is 3. The van der Waals surface area contributed by atoms with E-state index in [4.69, 9.17) is 0 Å². The maximum atomic E-state index is 4.39. The number of aromatic nitrogens is 1. The van der Waals surface area contributed by atoms with Gasteiger partial charge in [0.15, 0.2) is 0 Å². The zero-order valence-electron chi connectivity index (χ0n) is 12.0. The molecule has 0 bridgehead atoms. The SMILES string of the molecule is [c]1cc(-c2cccc3ccccc23)cc(-c2ccccc2)n1. The van der Waals surface area contributed by atoms with Gasteiger partial charge in [0.2, 0.25) is 0 Å². The van der Waals surface area contributed by atoms with Gasteiger partial charge in [0.05, 0.1) is 11.9 Å². The fraction of sp³-hybridized carbons (Fsp3) is 0. The van der Waals surface area contributed by atoms with E-state index in [-0.39, 0.29) is 0 Å². The van der Waals surface area contributed by atoms with Crippen molar-refractivity contribution in [3.8, 4) is 22.4 Å². The topological polar surface area (TPSA) is 12.9 Å². The molecule has 1 radical (unpaired) electrons. The first-order chi connectivity index (χ1) is 10.9. The van der Waals surface area contributed by atoms with Crippen LogP contribution in [0.5, 0.6) is 0 Å². The molecule has 1 nitrogen and oxygen atoms in total. The lowest BCUT2D eigenvalue weighted by molar-refractivity contribution is 1.31. The number of pyridine rings is 1. The summed E-state index contributed by atoms with van der Waals surface area (Å²) in [5.41, 5.74) is 4.42. The quantitative estimate of drug-likeness (QED) is 0.481. The summed E-state index contributed by atoms with van der Waals surface area (Å²) in [6.45, 7) is 0. The smallest absolute Gasteiger partial charge is 0.0900 e. The first kappa shape index (κ1) is 12.8. The van der Waals surface area contributed by atoms with Crippen LogP contribution >= 0.6 is 0 Å². The van der Waals surface area contributed by atoms with Crippen LogP contribution in [0.3, 0.4) is 0 Å². The summed E-state index contributed by atoms with van der Waals surface area (Å²) < 4.78 is 0. The Hall–Kier alpha value is -2.93. The lowest BCUT2D eigenvalue weighted by Crippen LogP contribution is -1.86. The monoisotopic (exact) mass is 280 g/mol. The standard InChI is InChI=1S/C21H14N/c1-2-8-17(9-3-1)21-15-18(13-14-22-21)20-12-6-10-16-7-4-5-11-19(16)20/h1-13,15H. The predicted octanol–water partition coefficient (Wildman–Crippen LogP) is 5.37. The minimum Gasteiger partial charge on any atom is -0.246 e. The van der Waals surface area contributed by atoms with E-state index in [0.717, 1.165) is 16.8 Å². The Morgan fingerprint density at radius 1 is 0.682 bits per heavy atom. The molecule has 0 N–H and O–H groups in total. The molecule has 0 saturated carbocycles. The molecule has 1 aromatic heterocycles. The summed E-state index contributed by atoms with van der Waals surface area (Å²) in [7, 11) is 0. The number of hydrogen-bond acceptors (Lipinski definition) is 1. The predicted molar refractivity (Wildman–Crippen MR) is 91.5 cm³/mol. The highest BCUT2D eigenvalue weighted by Crippen LogP contribution is 2.30. The second-order valence-electron chi connectivity index (χ2n) is 5.26. The summed E-state index contributed by atoms with van der Waals surface area (Å²) in [6, 6.07) is 29.1. The van der Waals surface area contributed by atoms with E-state index in [0.29, 0.717) is 0 Å². The molecule has 1 heterocycles. The average molecular weight is 280 g/mol. The van der Waals surface area contributed by atoms with Crippen molar-refractivity contribution in [1.29, 1.82) is 0 Å². The van der Waals surface area contributed by atoms with Crippen molar-refractivity contribution in [3.05, 3.63) is 91.1 Å². The molecule has 0 aliphatic rings. The normalized spacial score (nSPS) is 10.7. The van der Waals surface area contributed by atoms with E-state index in [9.17, 15) is 0 Å². The molecule has 1 heteroatoms. The van der Waals surface area contributed by atoms with E-state index in [2.05, 4.69) is 71.8 Å². The van der Waals surface area contributed by atoms with Gasteiger partial charge in [-0.1, -0.05) is 72.8 Å². The van der Waals surface area contributed by atoms with Crippen molar-refractivity contribution in [3.63, 3.8) is 0 Å². The summed E-state index contributed by atoms with van der Waals surface area (Å²) >= 11 is 0. The number of nitrogens with zero attached hydrogens (tertiary/aromatic N) is 1. The van der Waals surface area contributed by atoms with Crippen molar-refractivity contribution < 1.29 is 0 Å². The minimum atomic E-state index is 0.950. The molecule has 0 aliphatic carbocycles.